The van der Waals surface area contributed by atoms with Crippen LogP contribution in [0.1, 0.15) is 18.4 Å². The maximum absolute atomic E-state index is 13.2. The molecule has 3 heteroatoms. The topological polar surface area (TPSA) is 35.2 Å². The Balaban J connectivity index is 2.95. The molecule has 2 N–H and O–H groups in total. The second-order valence-electron chi connectivity index (χ2n) is 3.03. The zero-order valence-electron chi connectivity index (χ0n) is 7.88. The van der Waals surface area contributed by atoms with E-state index in [0.29, 0.717) is 6.54 Å². The smallest absolute Gasteiger partial charge is 0.165 e. The van der Waals surface area contributed by atoms with Crippen LogP contribution in [0, 0.1) is 5.82 Å². The number of benzene rings is 1. The third-order valence-electron chi connectivity index (χ3n) is 2.10. The van der Waals surface area contributed by atoms with E-state index in [2.05, 4.69) is 0 Å². The summed E-state index contributed by atoms with van der Waals surface area (Å²) in [5.74, 6) is 0.119. The van der Waals surface area contributed by atoms with Crippen molar-refractivity contribution in [2.45, 2.75) is 12.8 Å². The number of rotatable bonds is 3. The SMILES string of the molecule is COc1ccc(C(C)CN)cc1F. The van der Waals surface area contributed by atoms with Crippen LogP contribution < -0.4 is 10.5 Å². The molecular weight excluding hydrogens is 169 g/mol. The molecule has 0 saturated heterocycles. The van der Waals surface area contributed by atoms with Gasteiger partial charge in [-0.05, 0) is 30.2 Å². The van der Waals surface area contributed by atoms with Crippen LogP contribution in [0.3, 0.4) is 0 Å². The van der Waals surface area contributed by atoms with Crippen LogP contribution in [0.25, 0.3) is 0 Å². The lowest BCUT2D eigenvalue weighted by Crippen LogP contribution is -2.09. The summed E-state index contributed by atoms with van der Waals surface area (Å²) in [5.41, 5.74) is 6.37. The molecule has 0 aliphatic carbocycles. The van der Waals surface area contributed by atoms with E-state index in [1.54, 1.807) is 6.07 Å². The van der Waals surface area contributed by atoms with Crippen molar-refractivity contribution in [2.75, 3.05) is 13.7 Å². The molecule has 2 nitrogen and oxygen atoms in total. The van der Waals surface area contributed by atoms with Crippen LogP contribution in [0.4, 0.5) is 4.39 Å². The van der Waals surface area contributed by atoms with Gasteiger partial charge in [0, 0.05) is 0 Å². The molecule has 0 bridgehead atoms. The van der Waals surface area contributed by atoms with Crippen molar-refractivity contribution in [3.05, 3.63) is 29.6 Å². The summed E-state index contributed by atoms with van der Waals surface area (Å²) < 4.78 is 18.0. The average molecular weight is 183 g/mol. The second-order valence-corrected chi connectivity index (χ2v) is 3.03. The molecule has 72 valence electrons. The minimum atomic E-state index is -0.333. The zero-order valence-corrected chi connectivity index (χ0v) is 7.88. The van der Waals surface area contributed by atoms with Crippen molar-refractivity contribution in [3.8, 4) is 5.75 Å². The van der Waals surface area contributed by atoms with Crippen LogP contribution in [0.15, 0.2) is 18.2 Å². The molecule has 1 unspecified atom stereocenters. The average Bonchev–Trinajstić information content (AvgIpc) is 2.16. The van der Waals surface area contributed by atoms with E-state index in [1.807, 2.05) is 13.0 Å². The first-order chi connectivity index (χ1) is 6.19. The first kappa shape index (κ1) is 9.99. The lowest BCUT2D eigenvalue weighted by Gasteiger charge is -2.10. The van der Waals surface area contributed by atoms with Gasteiger partial charge in [0.15, 0.2) is 11.6 Å². The largest absolute Gasteiger partial charge is 0.494 e. The van der Waals surface area contributed by atoms with E-state index in [4.69, 9.17) is 10.5 Å². The van der Waals surface area contributed by atoms with Crippen LogP contribution in [-0.4, -0.2) is 13.7 Å². The summed E-state index contributed by atoms with van der Waals surface area (Å²) in [6.07, 6.45) is 0. The Kier molecular flexibility index (Phi) is 3.25. The summed E-state index contributed by atoms with van der Waals surface area (Å²) in [6.45, 7) is 2.48. The van der Waals surface area contributed by atoms with Crippen molar-refractivity contribution >= 4 is 0 Å². The number of methoxy groups -OCH3 is 1. The summed E-state index contributed by atoms with van der Waals surface area (Å²) in [7, 11) is 1.45. The fourth-order valence-electron chi connectivity index (χ4n) is 1.13. The Hall–Kier alpha value is -1.09. The summed E-state index contributed by atoms with van der Waals surface area (Å²) in [5, 5.41) is 0. The highest BCUT2D eigenvalue weighted by Gasteiger charge is 2.07. The van der Waals surface area contributed by atoms with Crippen molar-refractivity contribution in [3.63, 3.8) is 0 Å². The maximum atomic E-state index is 13.2. The maximum Gasteiger partial charge on any atom is 0.165 e. The normalized spacial score (nSPS) is 12.6. The molecule has 1 rings (SSSR count). The van der Waals surface area contributed by atoms with Gasteiger partial charge < -0.3 is 10.5 Å². The number of hydrogen-bond acceptors (Lipinski definition) is 2. The van der Waals surface area contributed by atoms with E-state index < -0.39 is 0 Å². The highest BCUT2D eigenvalue weighted by molar-refractivity contribution is 5.31. The van der Waals surface area contributed by atoms with Crippen molar-refractivity contribution in [1.82, 2.24) is 0 Å². The Morgan fingerprint density at radius 2 is 2.23 bits per heavy atom. The minimum absolute atomic E-state index is 0.181. The van der Waals surface area contributed by atoms with Gasteiger partial charge in [-0.2, -0.15) is 0 Å². The number of hydrogen-bond donors (Lipinski definition) is 1. The monoisotopic (exact) mass is 183 g/mol. The first-order valence-electron chi connectivity index (χ1n) is 4.22. The molecule has 13 heavy (non-hydrogen) atoms. The van der Waals surface area contributed by atoms with E-state index in [9.17, 15) is 4.39 Å². The molecule has 0 aliphatic heterocycles. The van der Waals surface area contributed by atoms with Crippen LogP contribution >= 0.6 is 0 Å². The lowest BCUT2D eigenvalue weighted by atomic mass is 10.0. The Bertz CT molecular complexity index is 288. The first-order valence-corrected chi connectivity index (χ1v) is 4.22. The Morgan fingerprint density at radius 1 is 1.54 bits per heavy atom. The molecule has 0 radical (unpaired) electrons. The fraction of sp³-hybridized carbons (Fsp3) is 0.400. The summed E-state index contributed by atoms with van der Waals surface area (Å²) in [4.78, 5) is 0. The molecule has 0 spiro atoms. The number of nitrogens with two attached hydrogens (primary N) is 1. The van der Waals surface area contributed by atoms with E-state index in [0.717, 1.165) is 5.56 Å². The molecule has 1 aromatic rings. The quantitative estimate of drug-likeness (QED) is 0.776. The molecule has 0 saturated carbocycles. The Morgan fingerprint density at radius 3 is 2.69 bits per heavy atom. The summed E-state index contributed by atoms with van der Waals surface area (Å²) in [6, 6.07) is 4.92. The van der Waals surface area contributed by atoms with Gasteiger partial charge in [-0.3, -0.25) is 0 Å². The lowest BCUT2D eigenvalue weighted by molar-refractivity contribution is 0.386. The molecular formula is C10H14FNO. The van der Waals surface area contributed by atoms with Gasteiger partial charge in [0.05, 0.1) is 7.11 Å². The number of halogens is 1. The zero-order chi connectivity index (χ0) is 9.84. The van der Waals surface area contributed by atoms with Gasteiger partial charge >= 0.3 is 0 Å². The summed E-state index contributed by atoms with van der Waals surface area (Å²) >= 11 is 0. The van der Waals surface area contributed by atoms with Crippen LogP contribution in [-0.2, 0) is 0 Å². The van der Waals surface area contributed by atoms with Gasteiger partial charge in [-0.15, -0.1) is 0 Å². The van der Waals surface area contributed by atoms with Gasteiger partial charge in [-0.25, -0.2) is 4.39 Å². The third kappa shape index (κ3) is 2.18. The standard InChI is InChI=1S/C10H14FNO/c1-7(6-12)8-3-4-10(13-2)9(11)5-8/h3-5,7H,6,12H2,1-2H3. The van der Waals surface area contributed by atoms with Crippen LogP contribution in [0.2, 0.25) is 0 Å². The van der Waals surface area contributed by atoms with E-state index in [1.165, 1.54) is 13.2 Å². The molecule has 1 atom stereocenters. The van der Waals surface area contributed by atoms with Gasteiger partial charge in [0.1, 0.15) is 0 Å². The van der Waals surface area contributed by atoms with Crippen LogP contribution in [0.5, 0.6) is 5.75 Å². The second kappa shape index (κ2) is 4.23. The highest BCUT2D eigenvalue weighted by atomic mass is 19.1. The molecule has 0 fully saturated rings. The molecule has 1 aromatic carbocycles. The fourth-order valence-corrected chi connectivity index (χ4v) is 1.13. The number of ether oxygens (including phenoxy) is 1. The molecule has 0 heterocycles. The molecule has 0 aliphatic rings. The van der Waals surface area contributed by atoms with Crippen molar-refractivity contribution < 1.29 is 9.13 Å². The molecule has 0 amide bonds. The van der Waals surface area contributed by atoms with E-state index >= 15 is 0 Å². The molecule has 0 aromatic heterocycles. The minimum Gasteiger partial charge on any atom is -0.494 e. The highest BCUT2D eigenvalue weighted by Crippen LogP contribution is 2.21. The Labute approximate surface area is 77.5 Å². The van der Waals surface area contributed by atoms with Gasteiger partial charge in [0.25, 0.3) is 0 Å². The van der Waals surface area contributed by atoms with E-state index in [-0.39, 0.29) is 17.5 Å². The van der Waals surface area contributed by atoms with Crippen molar-refractivity contribution in [1.29, 1.82) is 0 Å². The predicted molar refractivity (Wildman–Crippen MR) is 50.4 cm³/mol. The van der Waals surface area contributed by atoms with Gasteiger partial charge in [-0.1, -0.05) is 13.0 Å². The third-order valence-corrected chi connectivity index (χ3v) is 2.10. The van der Waals surface area contributed by atoms with Crippen molar-refractivity contribution in [2.24, 2.45) is 5.73 Å². The predicted octanol–water partition coefficient (Wildman–Crippen LogP) is 1.90. The van der Waals surface area contributed by atoms with Gasteiger partial charge in [0.2, 0.25) is 0 Å².